The zero-order valence-corrected chi connectivity index (χ0v) is 14.9. The molecule has 0 spiro atoms. The number of anilines is 1. The largest absolute Gasteiger partial charge is 0.494 e. The van der Waals surface area contributed by atoms with E-state index in [1.807, 2.05) is 0 Å². The monoisotopic (exact) mass is 394 g/mol. The lowest BCUT2D eigenvalue weighted by atomic mass is 10.1. The number of urea groups is 1. The molecule has 0 aliphatic heterocycles. The van der Waals surface area contributed by atoms with E-state index in [-0.39, 0.29) is 17.1 Å². The molecule has 3 aromatic rings. The van der Waals surface area contributed by atoms with Crippen LogP contribution < -0.4 is 15.4 Å². The van der Waals surface area contributed by atoms with E-state index < -0.39 is 24.3 Å². The number of carbonyl (C=O) groups excluding carboxylic acids is 1. The lowest BCUT2D eigenvalue weighted by molar-refractivity contribution is 0.102. The first kappa shape index (κ1) is 19.3. The van der Waals surface area contributed by atoms with Crippen LogP contribution in [0.2, 0.25) is 0 Å². The summed E-state index contributed by atoms with van der Waals surface area (Å²) in [6.07, 6.45) is -1.48. The second kappa shape index (κ2) is 8.07. The van der Waals surface area contributed by atoms with Crippen molar-refractivity contribution in [3.63, 3.8) is 0 Å². The van der Waals surface area contributed by atoms with Gasteiger partial charge in [-0.2, -0.15) is 5.10 Å². The van der Waals surface area contributed by atoms with Gasteiger partial charge in [0.25, 0.3) is 6.43 Å². The van der Waals surface area contributed by atoms with Gasteiger partial charge in [-0.05, 0) is 29.8 Å². The molecule has 0 aliphatic carbocycles. The fraction of sp³-hybridized carbons (Fsp3) is 0.222. The normalized spacial score (nSPS) is 12.1. The molecule has 0 aliphatic rings. The number of halogens is 3. The third-order valence-corrected chi connectivity index (χ3v) is 3.97. The van der Waals surface area contributed by atoms with E-state index in [1.54, 1.807) is 19.2 Å². The van der Waals surface area contributed by atoms with E-state index in [4.69, 9.17) is 9.15 Å². The van der Waals surface area contributed by atoms with Gasteiger partial charge in [-0.1, -0.05) is 6.07 Å². The highest BCUT2D eigenvalue weighted by molar-refractivity contribution is 5.89. The summed E-state index contributed by atoms with van der Waals surface area (Å²) in [6, 6.07) is 5.68. The van der Waals surface area contributed by atoms with Crippen molar-refractivity contribution in [1.82, 2.24) is 15.1 Å². The SMILES string of the molecule is COc1ccc([C@H](NC(=O)Nc2cc(-c3ccco3)nn2C)C(F)F)cc1F. The zero-order valence-electron chi connectivity index (χ0n) is 14.9. The molecule has 3 rings (SSSR count). The highest BCUT2D eigenvalue weighted by Crippen LogP contribution is 2.26. The van der Waals surface area contributed by atoms with Crippen molar-refractivity contribution in [2.45, 2.75) is 12.5 Å². The second-order valence-corrected chi connectivity index (χ2v) is 5.82. The summed E-state index contributed by atoms with van der Waals surface area (Å²) in [7, 11) is 2.84. The smallest absolute Gasteiger partial charge is 0.321 e. The molecule has 0 bridgehead atoms. The van der Waals surface area contributed by atoms with Crippen LogP contribution in [0.4, 0.5) is 23.8 Å². The Kier molecular flexibility index (Phi) is 5.57. The summed E-state index contributed by atoms with van der Waals surface area (Å²) < 4.78 is 52.1. The summed E-state index contributed by atoms with van der Waals surface area (Å²) in [4.78, 5) is 12.2. The standard InChI is InChI=1S/C18H17F3N4O3/c1-25-15(9-12(24-25)14-4-3-7-28-14)22-18(26)23-16(17(20)21)10-5-6-13(27-2)11(19)8-10/h3-9,16-17H,1-2H3,(H2,22,23,26)/t16-/m0/s1. The number of alkyl halides is 2. The van der Waals surface area contributed by atoms with Crippen LogP contribution in [0, 0.1) is 5.82 Å². The van der Waals surface area contributed by atoms with Gasteiger partial charge in [0.2, 0.25) is 0 Å². The summed E-state index contributed by atoms with van der Waals surface area (Å²) >= 11 is 0. The zero-order chi connectivity index (χ0) is 20.3. The second-order valence-electron chi connectivity index (χ2n) is 5.82. The number of amides is 2. The third kappa shape index (κ3) is 4.11. The molecular weight excluding hydrogens is 377 g/mol. The topological polar surface area (TPSA) is 81.3 Å². The van der Waals surface area contributed by atoms with Gasteiger partial charge in [-0.15, -0.1) is 0 Å². The first-order chi connectivity index (χ1) is 13.4. The van der Waals surface area contributed by atoms with Crippen LogP contribution in [0.3, 0.4) is 0 Å². The van der Waals surface area contributed by atoms with Crippen LogP contribution in [0.1, 0.15) is 11.6 Å². The van der Waals surface area contributed by atoms with Gasteiger partial charge in [0.15, 0.2) is 17.3 Å². The number of carbonyl (C=O) groups is 1. The molecule has 2 amide bonds. The molecule has 148 valence electrons. The maximum absolute atomic E-state index is 13.8. The Balaban J connectivity index is 1.74. The van der Waals surface area contributed by atoms with E-state index in [2.05, 4.69) is 15.7 Å². The molecule has 0 fully saturated rings. The number of benzene rings is 1. The minimum atomic E-state index is -2.95. The number of furan rings is 1. The minimum absolute atomic E-state index is 0.0819. The Labute approximate surface area is 158 Å². The lowest BCUT2D eigenvalue weighted by Gasteiger charge is -2.19. The number of rotatable bonds is 6. The van der Waals surface area contributed by atoms with Gasteiger partial charge in [0, 0.05) is 13.1 Å². The average molecular weight is 394 g/mol. The average Bonchev–Trinajstić information content (AvgIpc) is 3.30. The van der Waals surface area contributed by atoms with Crippen LogP contribution in [0.5, 0.6) is 5.75 Å². The molecule has 2 heterocycles. The van der Waals surface area contributed by atoms with Gasteiger partial charge >= 0.3 is 6.03 Å². The quantitative estimate of drug-likeness (QED) is 0.663. The van der Waals surface area contributed by atoms with E-state index in [1.165, 1.54) is 36.3 Å². The van der Waals surface area contributed by atoms with Crippen molar-refractivity contribution in [1.29, 1.82) is 0 Å². The molecule has 2 aromatic heterocycles. The number of aryl methyl sites for hydroxylation is 1. The predicted molar refractivity (Wildman–Crippen MR) is 94.8 cm³/mol. The molecule has 0 saturated carbocycles. The number of nitrogens with zero attached hydrogens (tertiary/aromatic N) is 2. The Bertz CT molecular complexity index is 957. The minimum Gasteiger partial charge on any atom is -0.494 e. The van der Waals surface area contributed by atoms with E-state index in [0.717, 1.165) is 6.07 Å². The van der Waals surface area contributed by atoms with Crippen molar-refractivity contribution in [2.75, 3.05) is 12.4 Å². The van der Waals surface area contributed by atoms with Gasteiger partial charge in [0.05, 0.1) is 13.4 Å². The summed E-state index contributed by atoms with van der Waals surface area (Å²) in [6.45, 7) is 0. The molecule has 10 heteroatoms. The highest BCUT2D eigenvalue weighted by Gasteiger charge is 2.26. The molecule has 2 N–H and O–H groups in total. The summed E-state index contributed by atoms with van der Waals surface area (Å²) in [5, 5.41) is 8.76. The van der Waals surface area contributed by atoms with Crippen molar-refractivity contribution >= 4 is 11.8 Å². The molecule has 0 unspecified atom stereocenters. The van der Waals surface area contributed by atoms with E-state index in [0.29, 0.717) is 11.5 Å². The molecule has 1 aromatic carbocycles. The summed E-state index contributed by atoms with van der Waals surface area (Å²) in [5.41, 5.74) is 0.371. The lowest BCUT2D eigenvalue weighted by Crippen LogP contribution is -2.36. The highest BCUT2D eigenvalue weighted by atomic mass is 19.3. The Hall–Kier alpha value is -3.43. The molecule has 0 radical (unpaired) electrons. The molecular formula is C18H17F3N4O3. The number of nitrogens with one attached hydrogen (secondary N) is 2. The van der Waals surface area contributed by atoms with Gasteiger partial charge in [0.1, 0.15) is 17.6 Å². The number of hydrogen-bond acceptors (Lipinski definition) is 4. The molecule has 28 heavy (non-hydrogen) atoms. The number of ether oxygens (including phenoxy) is 1. The number of methoxy groups -OCH3 is 1. The maximum Gasteiger partial charge on any atom is 0.321 e. The maximum atomic E-state index is 13.8. The van der Waals surface area contributed by atoms with Gasteiger partial charge in [-0.25, -0.2) is 18.0 Å². The Morgan fingerprint density at radius 1 is 1.29 bits per heavy atom. The predicted octanol–water partition coefficient (Wildman–Crippen LogP) is 3.96. The molecule has 1 atom stereocenters. The van der Waals surface area contributed by atoms with Gasteiger partial charge < -0.3 is 14.5 Å². The third-order valence-electron chi connectivity index (χ3n) is 3.97. The van der Waals surface area contributed by atoms with E-state index >= 15 is 0 Å². The van der Waals surface area contributed by atoms with E-state index in [9.17, 15) is 18.0 Å². The first-order valence-electron chi connectivity index (χ1n) is 8.16. The molecule has 7 nitrogen and oxygen atoms in total. The summed E-state index contributed by atoms with van der Waals surface area (Å²) in [5.74, 6) is -0.134. The molecule has 0 saturated heterocycles. The Morgan fingerprint density at radius 2 is 2.07 bits per heavy atom. The van der Waals surface area contributed by atoms with Crippen LogP contribution in [0.15, 0.2) is 47.1 Å². The fourth-order valence-electron chi connectivity index (χ4n) is 2.59. The number of aromatic nitrogens is 2. The van der Waals surface area contributed by atoms with Crippen LogP contribution >= 0.6 is 0 Å². The van der Waals surface area contributed by atoms with Crippen LogP contribution in [-0.4, -0.2) is 29.3 Å². The van der Waals surface area contributed by atoms with Gasteiger partial charge in [-0.3, -0.25) is 10.00 Å². The van der Waals surface area contributed by atoms with Crippen molar-refractivity contribution in [2.24, 2.45) is 7.05 Å². The fourth-order valence-corrected chi connectivity index (χ4v) is 2.59. The van der Waals surface area contributed by atoms with Crippen molar-refractivity contribution < 1.29 is 27.1 Å². The Morgan fingerprint density at radius 3 is 2.68 bits per heavy atom. The van der Waals surface area contributed by atoms with Crippen LogP contribution in [-0.2, 0) is 7.05 Å². The van der Waals surface area contributed by atoms with Crippen LogP contribution in [0.25, 0.3) is 11.5 Å². The van der Waals surface area contributed by atoms with Crippen molar-refractivity contribution in [3.8, 4) is 17.2 Å². The first-order valence-corrected chi connectivity index (χ1v) is 8.16. The number of hydrogen-bond donors (Lipinski definition) is 2. The van der Waals surface area contributed by atoms with Crippen molar-refractivity contribution in [3.05, 3.63) is 54.0 Å².